The number of rotatable bonds is 6. The summed E-state index contributed by atoms with van der Waals surface area (Å²) >= 11 is 0. The fraction of sp³-hybridized carbons (Fsp3) is 0.176. The molecule has 0 aliphatic carbocycles. The van der Waals surface area contributed by atoms with Gasteiger partial charge in [-0.3, -0.25) is 0 Å². The lowest BCUT2D eigenvalue weighted by Gasteiger charge is -2.11. The lowest BCUT2D eigenvalue weighted by molar-refractivity contribution is 0.0595. The van der Waals surface area contributed by atoms with Crippen molar-refractivity contribution >= 4 is 17.7 Å². The van der Waals surface area contributed by atoms with Crippen molar-refractivity contribution in [2.75, 3.05) is 25.6 Å². The second-order valence-electron chi connectivity index (χ2n) is 4.85. The number of nitrogens with one attached hydrogen (secondary N) is 2. The molecule has 0 heterocycles. The maximum Gasteiger partial charge on any atom is 0.340 e. The van der Waals surface area contributed by atoms with E-state index in [0.717, 1.165) is 13.2 Å². The summed E-state index contributed by atoms with van der Waals surface area (Å²) in [4.78, 5) is 23.2. The highest BCUT2D eigenvalue weighted by Gasteiger charge is 2.17. The molecule has 132 valence electrons. The second kappa shape index (κ2) is 8.62. The summed E-state index contributed by atoms with van der Waals surface area (Å²) < 4.78 is 37.0. The number of urea groups is 1. The Balaban J connectivity index is 1.88. The zero-order chi connectivity index (χ0) is 18.2. The van der Waals surface area contributed by atoms with E-state index in [4.69, 9.17) is 4.74 Å². The maximum absolute atomic E-state index is 13.7. The van der Waals surface area contributed by atoms with Gasteiger partial charge in [-0.1, -0.05) is 18.2 Å². The Hall–Kier alpha value is -3.16. The summed E-state index contributed by atoms with van der Waals surface area (Å²) in [6.45, 7) is 0.365. The second-order valence-corrected chi connectivity index (χ2v) is 4.85. The van der Waals surface area contributed by atoms with E-state index >= 15 is 0 Å². The van der Waals surface area contributed by atoms with Gasteiger partial charge in [0.15, 0.2) is 0 Å². The topological polar surface area (TPSA) is 76.7 Å². The van der Waals surface area contributed by atoms with Crippen molar-refractivity contribution in [3.63, 3.8) is 0 Å². The van der Waals surface area contributed by atoms with Crippen molar-refractivity contribution in [1.82, 2.24) is 5.32 Å². The molecule has 0 saturated carbocycles. The van der Waals surface area contributed by atoms with Crippen molar-refractivity contribution in [2.45, 2.75) is 0 Å². The maximum atomic E-state index is 13.7. The average molecular weight is 350 g/mol. The molecule has 0 bridgehead atoms. The van der Waals surface area contributed by atoms with Gasteiger partial charge in [0.2, 0.25) is 0 Å². The molecule has 0 unspecified atom stereocenters. The van der Waals surface area contributed by atoms with Gasteiger partial charge in [0.1, 0.15) is 24.0 Å². The van der Waals surface area contributed by atoms with Gasteiger partial charge in [-0.25, -0.2) is 18.4 Å². The molecule has 0 saturated heterocycles. The third-order valence-corrected chi connectivity index (χ3v) is 3.11. The molecule has 2 aromatic carbocycles. The minimum atomic E-state index is -1.08. The number of halogens is 2. The minimum absolute atomic E-state index is 0.160. The highest BCUT2D eigenvalue weighted by atomic mass is 19.1. The van der Waals surface area contributed by atoms with Crippen molar-refractivity contribution in [1.29, 1.82) is 0 Å². The molecule has 2 rings (SSSR count). The normalized spacial score (nSPS) is 10.0. The van der Waals surface area contributed by atoms with Crippen LogP contribution in [0.3, 0.4) is 0 Å². The fourth-order valence-electron chi connectivity index (χ4n) is 1.93. The fourth-order valence-corrected chi connectivity index (χ4v) is 1.93. The average Bonchev–Trinajstić information content (AvgIpc) is 2.61. The molecule has 0 spiro atoms. The number of ether oxygens (including phenoxy) is 2. The van der Waals surface area contributed by atoms with Crippen LogP contribution < -0.4 is 15.4 Å². The van der Waals surface area contributed by atoms with Gasteiger partial charge >= 0.3 is 12.0 Å². The molecule has 8 heteroatoms. The number of amides is 2. The number of anilines is 1. The highest BCUT2D eigenvalue weighted by molar-refractivity contribution is 5.94. The lowest BCUT2D eigenvalue weighted by atomic mass is 10.2. The van der Waals surface area contributed by atoms with Crippen LogP contribution in [0.15, 0.2) is 42.5 Å². The van der Waals surface area contributed by atoms with E-state index < -0.39 is 29.2 Å². The van der Waals surface area contributed by atoms with Crippen LogP contribution in [0.4, 0.5) is 19.3 Å². The molecule has 0 atom stereocenters. The van der Waals surface area contributed by atoms with Gasteiger partial charge in [0.05, 0.1) is 24.9 Å². The van der Waals surface area contributed by atoms with Crippen LogP contribution in [-0.2, 0) is 4.74 Å². The molecule has 0 aliphatic heterocycles. The largest absolute Gasteiger partial charge is 0.492 e. The molecule has 2 aromatic rings. The van der Waals surface area contributed by atoms with Crippen molar-refractivity contribution in [3.8, 4) is 5.75 Å². The molecule has 0 fully saturated rings. The van der Waals surface area contributed by atoms with Crippen LogP contribution in [0.1, 0.15) is 10.4 Å². The molecule has 0 aliphatic rings. The predicted molar refractivity (Wildman–Crippen MR) is 86.7 cm³/mol. The van der Waals surface area contributed by atoms with Crippen molar-refractivity contribution in [3.05, 3.63) is 59.7 Å². The first-order valence-corrected chi connectivity index (χ1v) is 7.31. The van der Waals surface area contributed by atoms with Gasteiger partial charge in [0, 0.05) is 6.07 Å². The number of hydrogen-bond acceptors (Lipinski definition) is 4. The van der Waals surface area contributed by atoms with E-state index in [9.17, 15) is 18.4 Å². The lowest BCUT2D eigenvalue weighted by Crippen LogP contribution is -2.32. The molecule has 0 radical (unpaired) electrons. The Morgan fingerprint density at radius 3 is 2.48 bits per heavy atom. The monoisotopic (exact) mass is 350 g/mol. The summed E-state index contributed by atoms with van der Waals surface area (Å²) in [5, 5.41) is 4.65. The number of methoxy groups -OCH3 is 1. The van der Waals surface area contributed by atoms with E-state index in [-0.39, 0.29) is 18.8 Å². The van der Waals surface area contributed by atoms with E-state index in [2.05, 4.69) is 15.4 Å². The predicted octanol–water partition coefficient (Wildman–Crippen LogP) is 2.95. The number of hydrogen-bond donors (Lipinski definition) is 2. The van der Waals surface area contributed by atoms with Crippen LogP contribution in [0, 0.1) is 11.6 Å². The minimum Gasteiger partial charge on any atom is -0.492 e. The number of para-hydroxylation sites is 1. The van der Waals surface area contributed by atoms with Gasteiger partial charge in [-0.15, -0.1) is 0 Å². The molecule has 25 heavy (non-hydrogen) atoms. The van der Waals surface area contributed by atoms with Gasteiger partial charge in [-0.05, 0) is 18.2 Å². The number of carbonyl (C=O) groups excluding carboxylic acids is 2. The smallest absolute Gasteiger partial charge is 0.340 e. The van der Waals surface area contributed by atoms with Gasteiger partial charge in [-0.2, -0.15) is 0 Å². The van der Waals surface area contributed by atoms with Gasteiger partial charge < -0.3 is 20.1 Å². The number of carbonyl (C=O) groups is 2. The molecular weight excluding hydrogens is 334 g/mol. The zero-order valence-electron chi connectivity index (χ0n) is 13.3. The third kappa shape index (κ3) is 5.17. The Bertz CT molecular complexity index is 754. The zero-order valence-corrected chi connectivity index (χ0v) is 13.3. The Morgan fingerprint density at radius 2 is 1.80 bits per heavy atom. The first kappa shape index (κ1) is 18.2. The standard InChI is InChI=1S/C17H16F2N2O4/c1-24-16(22)12-9-15(14(19)10-13(12)18)21-17(23)20-7-8-25-11-5-3-2-4-6-11/h2-6,9-10H,7-8H2,1H3,(H2,20,21,23). The summed E-state index contributed by atoms with van der Waals surface area (Å²) in [7, 11) is 1.07. The van der Waals surface area contributed by atoms with E-state index in [1.54, 1.807) is 12.1 Å². The SMILES string of the molecule is COC(=O)c1cc(NC(=O)NCCOc2ccccc2)c(F)cc1F. The van der Waals surface area contributed by atoms with Crippen LogP contribution in [0.5, 0.6) is 5.75 Å². The van der Waals surface area contributed by atoms with E-state index in [1.165, 1.54) is 0 Å². The number of benzene rings is 2. The Morgan fingerprint density at radius 1 is 1.08 bits per heavy atom. The quantitative estimate of drug-likeness (QED) is 0.620. The highest BCUT2D eigenvalue weighted by Crippen LogP contribution is 2.20. The molecule has 0 aromatic heterocycles. The first-order valence-electron chi connectivity index (χ1n) is 7.31. The van der Waals surface area contributed by atoms with Crippen molar-refractivity contribution < 1.29 is 27.8 Å². The third-order valence-electron chi connectivity index (χ3n) is 3.11. The van der Waals surface area contributed by atoms with Gasteiger partial charge in [0.25, 0.3) is 0 Å². The van der Waals surface area contributed by atoms with Crippen LogP contribution in [0.25, 0.3) is 0 Å². The molecule has 6 nitrogen and oxygen atoms in total. The summed E-state index contributed by atoms with van der Waals surface area (Å²) in [6, 6.07) is 9.65. The summed E-state index contributed by atoms with van der Waals surface area (Å²) in [5.41, 5.74) is -0.824. The van der Waals surface area contributed by atoms with Crippen LogP contribution in [-0.4, -0.2) is 32.3 Å². The van der Waals surface area contributed by atoms with E-state index in [1.807, 2.05) is 18.2 Å². The molecular formula is C17H16F2N2O4. The van der Waals surface area contributed by atoms with E-state index in [0.29, 0.717) is 11.8 Å². The van der Waals surface area contributed by atoms with Crippen molar-refractivity contribution in [2.24, 2.45) is 0 Å². The number of esters is 1. The Labute approximate surface area is 142 Å². The van der Waals surface area contributed by atoms with Crippen LogP contribution in [0.2, 0.25) is 0 Å². The molecule has 2 amide bonds. The molecule has 2 N–H and O–H groups in total. The summed E-state index contributed by atoms with van der Waals surface area (Å²) in [5.74, 6) is -2.42. The first-order chi connectivity index (χ1) is 12.0. The summed E-state index contributed by atoms with van der Waals surface area (Å²) in [6.07, 6.45) is 0. The van der Waals surface area contributed by atoms with Crippen LogP contribution >= 0.6 is 0 Å². The Kier molecular flexibility index (Phi) is 6.27.